The molecule has 1 aromatic carbocycles. The average Bonchev–Trinajstić information content (AvgIpc) is 2.04. The smallest absolute Gasteiger partial charge is 0.239 e. The third-order valence-corrected chi connectivity index (χ3v) is 1.80. The summed E-state index contributed by atoms with van der Waals surface area (Å²) in [5.41, 5.74) is -0.203. The molecule has 0 saturated heterocycles. The molecular formula is C7H5O4S-. The lowest BCUT2D eigenvalue weighted by Gasteiger charge is -2.04. The van der Waals surface area contributed by atoms with Gasteiger partial charge in [0.05, 0.1) is 5.56 Å². The lowest BCUT2D eigenvalue weighted by atomic mass is 10.2. The van der Waals surface area contributed by atoms with Gasteiger partial charge in [-0.1, -0.05) is 12.1 Å². The topological polar surface area (TPSA) is 77.4 Å². The zero-order chi connectivity index (χ0) is 9.14. The van der Waals surface area contributed by atoms with Gasteiger partial charge in [-0.15, -0.1) is 0 Å². The Morgan fingerprint density at radius 2 is 2.00 bits per heavy atom. The fourth-order valence-electron chi connectivity index (χ4n) is 0.736. The van der Waals surface area contributed by atoms with Crippen LogP contribution >= 0.6 is 0 Å². The van der Waals surface area contributed by atoms with Gasteiger partial charge in [-0.05, 0) is 12.1 Å². The van der Waals surface area contributed by atoms with E-state index in [4.69, 9.17) is 5.11 Å². The van der Waals surface area contributed by atoms with Gasteiger partial charge in [0.2, 0.25) is 5.12 Å². The van der Waals surface area contributed by atoms with Crippen molar-refractivity contribution in [1.82, 2.24) is 0 Å². The van der Waals surface area contributed by atoms with E-state index in [1.54, 1.807) is 0 Å². The lowest BCUT2D eigenvalue weighted by Crippen LogP contribution is -2.06. The van der Waals surface area contributed by atoms with E-state index in [0.29, 0.717) is 0 Å². The Bertz CT molecular complexity index is 334. The summed E-state index contributed by atoms with van der Waals surface area (Å²) in [4.78, 5) is 10.8. The van der Waals surface area contributed by atoms with Gasteiger partial charge < -0.3 is 9.66 Å². The highest BCUT2D eigenvalue weighted by atomic mass is 32.2. The van der Waals surface area contributed by atoms with Gasteiger partial charge >= 0.3 is 0 Å². The molecule has 1 rings (SSSR count). The normalized spacial score (nSPS) is 12.4. The number of para-hydroxylation sites is 1. The minimum atomic E-state index is -2.82. The first kappa shape index (κ1) is 8.89. The Morgan fingerprint density at radius 3 is 2.50 bits per heavy atom. The standard InChI is InChI=1S/C7H6O4S/c8-6-4-2-1-3-5(6)7(9)12(10)11/h1-4,8H,(H,10,11)/p-1. The van der Waals surface area contributed by atoms with Crippen LogP contribution in [0.5, 0.6) is 5.75 Å². The van der Waals surface area contributed by atoms with Crippen molar-refractivity contribution >= 4 is 16.2 Å². The van der Waals surface area contributed by atoms with Crippen LogP contribution in [0.3, 0.4) is 0 Å². The summed E-state index contributed by atoms with van der Waals surface area (Å²) in [7, 11) is 0. The number of benzene rings is 1. The van der Waals surface area contributed by atoms with Crippen molar-refractivity contribution < 1.29 is 18.7 Å². The molecule has 0 aliphatic heterocycles. The molecule has 1 aromatic rings. The van der Waals surface area contributed by atoms with Crippen molar-refractivity contribution in [3.8, 4) is 5.75 Å². The van der Waals surface area contributed by atoms with Crippen LogP contribution in [0.1, 0.15) is 10.4 Å². The first-order chi connectivity index (χ1) is 5.63. The number of hydrogen-bond acceptors (Lipinski definition) is 4. The summed E-state index contributed by atoms with van der Waals surface area (Å²) in [6.07, 6.45) is 0. The second kappa shape index (κ2) is 3.46. The van der Waals surface area contributed by atoms with Crippen LogP contribution in [-0.2, 0) is 11.1 Å². The quantitative estimate of drug-likeness (QED) is 0.643. The third-order valence-electron chi connectivity index (χ3n) is 1.28. The van der Waals surface area contributed by atoms with Crippen LogP contribution < -0.4 is 0 Å². The molecule has 0 saturated carbocycles. The van der Waals surface area contributed by atoms with Crippen molar-refractivity contribution in [2.45, 2.75) is 0 Å². The number of rotatable bonds is 1. The summed E-state index contributed by atoms with van der Waals surface area (Å²) in [5.74, 6) is -0.327. The predicted octanol–water partition coefficient (Wildman–Crippen LogP) is 0.412. The van der Waals surface area contributed by atoms with Crippen LogP contribution in [0.4, 0.5) is 0 Å². The minimum Gasteiger partial charge on any atom is -0.766 e. The molecule has 0 spiro atoms. The van der Waals surface area contributed by atoms with E-state index in [2.05, 4.69) is 0 Å². The maximum Gasteiger partial charge on any atom is 0.239 e. The fraction of sp³-hybridized carbons (Fsp3) is 0. The molecule has 1 atom stereocenters. The lowest BCUT2D eigenvalue weighted by molar-refractivity contribution is 0.107. The molecule has 12 heavy (non-hydrogen) atoms. The molecule has 1 unspecified atom stereocenters. The first-order valence-corrected chi connectivity index (χ1v) is 4.12. The Hall–Kier alpha value is -1.20. The summed E-state index contributed by atoms with van der Waals surface area (Å²) >= 11 is -2.82. The Labute approximate surface area is 71.1 Å². The van der Waals surface area contributed by atoms with Crippen LogP contribution in [0.2, 0.25) is 0 Å². The molecule has 64 valence electrons. The first-order valence-electron chi connectivity index (χ1n) is 3.04. The van der Waals surface area contributed by atoms with E-state index in [9.17, 15) is 13.6 Å². The fourth-order valence-corrected chi connectivity index (χ4v) is 1.09. The largest absolute Gasteiger partial charge is 0.766 e. The molecular weight excluding hydrogens is 180 g/mol. The second-order valence-electron chi connectivity index (χ2n) is 2.04. The highest BCUT2D eigenvalue weighted by Crippen LogP contribution is 2.16. The van der Waals surface area contributed by atoms with E-state index in [0.717, 1.165) is 0 Å². The maximum absolute atomic E-state index is 10.8. The molecule has 1 N–H and O–H groups in total. The number of phenols is 1. The molecule has 4 nitrogen and oxygen atoms in total. The summed E-state index contributed by atoms with van der Waals surface area (Å²) in [6, 6.07) is 5.47. The summed E-state index contributed by atoms with van der Waals surface area (Å²) in [5, 5.41) is 7.93. The number of carbonyl (C=O) groups excluding carboxylic acids is 1. The Balaban J connectivity index is 3.11. The second-order valence-corrected chi connectivity index (χ2v) is 2.88. The molecule has 0 fully saturated rings. The molecule has 0 aromatic heterocycles. The van der Waals surface area contributed by atoms with E-state index in [1.807, 2.05) is 0 Å². The van der Waals surface area contributed by atoms with E-state index in [1.165, 1.54) is 24.3 Å². The van der Waals surface area contributed by atoms with Gasteiger partial charge in [0.15, 0.2) is 0 Å². The minimum absolute atomic E-state index is 0.203. The van der Waals surface area contributed by atoms with Crippen molar-refractivity contribution in [2.24, 2.45) is 0 Å². The Morgan fingerprint density at radius 1 is 1.42 bits per heavy atom. The van der Waals surface area contributed by atoms with Gasteiger partial charge in [-0.25, -0.2) is 0 Å². The zero-order valence-electron chi connectivity index (χ0n) is 5.89. The monoisotopic (exact) mass is 185 g/mol. The summed E-state index contributed by atoms with van der Waals surface area (Å²) in [6.45, 7) is 0. The van der Waals surface area contributed by atoms with Gasteiger partial charge in [0, 0.05) is 11.1 Å². The predicted molar refractivity (Wildman–Crippen MR) is 41.4 cm³/mol. The summed E-state index contributed by atoms with van der Waals surface area (Å²) < 4.78 is 20.4. The van der Waals surface area contributed by atoms with Gasteiger partial charge in [-0.3, -0.25) is 9.00 Å². The van der Waals surface area contributed by atoms with E-state index >= 15 is 0 Å². The average molecular weight is 185 g/mol. The van der Waals surface area contributed by atoms with Crippen molar-refractivity contribution in [1.29, 1.82) is 0 Å². The van der Waals surface area contributed by atoms with Crippen LogP contribution in [0.15, 0.2) is 24.3 Å². The van der Waals surface area contributed by atoms with Crippen LogP contribution in [0.25, 0.3) is 0 Å². The van der Waals surface area contributed by atoms with E-state index in [-0.39, 0.29) is 11.3 Å². The highest BCUT2D eigenvalue weighted by molar-refractivity contribution is 7.95. The molecule has 5 heteroatoms. The molecule has 0 aliphatic rings. The van der Waals surface area contributed by atoms with Crippen molar-refractivity contribution in [3.05, 3.63) is 29.8 Å². The number of hydrogen-bond donors (Lipinski definition) is 1. The molecule has 0 heterocycles. The zero-order valence-corrected chi connectivity index (χ0v) is 6.71. The van der Waals surface area contributed by atoms with Crippen LogP contribution in [-0.4, -0.2) is 19.0 Å². The number of aromatic hydroxyl groups is 1. The van der Waals surface area contributed by atoms with E-state index < -0.39 is 16.2 Å². The van der Waals surface area contributed by atoms with Crippen LogP contribution in [0, 0.1) is 0 Å². The molecule has 0 aliphatic carbocycles. The van der Waals surface area contributed by atoms with Crippen molar-refractivity contribution in [3.63, 3.8) is 0 Å². The van der Waals surface area contributed by atoms with Gasteiger partial charge in [0.25, 0.3) is 0 Å². The van der Waals surface area contributed by atoms with Gasteiger partial charge in [0.1, 0.15) is 5.75 Å². The third kappa shape index (κ3) is 1.69. The number of carbonyl (C=O) groups is 1. The Kier molecular flexibility index (Phi) is 2.57. The molecule has 0 bridgehead atoms. The van der Waals surface area contributed by atoms with Crippen molar-refractivity contribution in [2.75, 3.05) is 0 Å². The SMILES string of the molecule is O=C(c1ccccc1O)S(=O)[O-]. The highest BCUT2D eigenvalue weighted by Gasteiger charge is 2.09. The number of phenolic OH excluding ortho intramolecular Hbond substituents is 1. The van der Waals surface area contributed by atoms with Gasteiger partial charge in [-0.2, -0.15) is 0 Å². The maximum atomic E-state index is 10.8. The molecule has 0 radical (unpaired) electrons. The molecule has 0 amide bonds.